The van der Waals surface area contributed by atoms with Gasteiger partial charge in [-0.25, -0.2) is 0 Å². The van der Waals surface area contributed by atoms with E-state index in [4.69, 9.17) is 4.74 Å². The third kappa shape index (κ3) is 4.55. The smallest absolute Gasteiger partial charge is 0.310 e. The van der Waals surface area contributed by atoms with Crippen LogP contribution in [0.4, 0.5) is 5.69 Å². The number of anilines is 1. The highest BCUT2D eigenvalue weighted by atomic mass is 32.2. The lowest BCUT2D eigenvalue weighted by atomic mass is 9.66. The van der Waals surface area contributed by atoms with Crippen molar-refractivity contribution < 1.29 is 24.2 Å². The lowest BCUT2D eigenvalue weighted by molar-refractivity contribution is -0.154. The van der Waals surface area contributed by atoms with Gasteiger partial charge in [-0.3, -0.25) is 14.4 Å². The standard InChI is InChI=1S/C31H38N2O5S/c1-4-15-32(23-14-13-21-11-7-8-12-22(21)19-23)29(36)27-31-20(3)18-24(39-31)25(30(37)38-5-2)26(31)28(35)33(27)16-9-6-10-17-34/h4,7-8,11-14,19-20,24-27,34H,1,5-6,9-10,15-18H2,2-3H3/t20?,24-,25+,26-,27?,31?/m0/s1. The summed E-state index contributed by atoms with van der Waals surface area (Å²) in [6.07, 6.45) is 4.58. The van der Waals surface area contributed by atoms with E-state index in [0.29, 0.717) is 25.9 Å². The summed E-state index contributed by atoms with van der Waals surface area (Å²) in [4.78, 5) is 45.5. The molecule has 7 nitrogen and oxygen atoms in total. The first-order valence-corrected chi connectivity index (χ1v) is 14.9. The predicted molar refractivity (Wildman–Crippen MR) is 154 cm³/mol. The van der Waals surface area contributed by atoms with Gasteiger partial charge in [-0.1, -0.05) is 43.3 Å². The molecular formula is C31H38N2O5S. The SMILES string of the molecule is C=CCN(C(=O)C1N(CCCCCO)C(=O)[C@@H]2[C@H](C(=O)OCC)[C@@H]3CC(C)C12S3)c1ccc2ccccc2c1. The van der Waals surface area contributed by atoms with Gasteiger partial charge in [-0.2, -0.15) is 0 Å². The van der Waals surface area contributed by atoms with Crippen molar-refractivity contribution >= 4 is 46.0 Å². The summed E-state index contributed by atoms with van der Waals surface area (Å²) in [5, 5.41) is 11.4. The highest BCUT2D eigenvalue weighted by molar-refractivity contribution is 8.02. The number of likely N-dealkylation sites (tertiary alicyclic amines) is 1. The van der Waals surface area contributed by atoms with E-state index in [-0.39, 0.29) is 42.2 Å². The molecule has 8 heteroatoms. The molecule has 0 saturated carbocycles. The molecule has 0 aromatic heterocycles. The summed E-state index contributed by atoms with van der Waals surface area (Å²) in [6.45, 7) is 8.91. The fourth-order valence-corrected chi connectivity index (χ4v) is 9.46. The van der Waals surface area contributed by atoms with E-state index in [0.717, 1.165) is 29.3 Å². The van der Waals surface area contributed by atoms with Gasteiger partial charge in [-0.05, 0) is 61.4 Å². The van der Waals surface area contributed by atoms with Crippen LogP contribution in [0.15, 0.2) is 55.1 Å². The third-order valence-corrected chi connectivity index (χ3v) is 10.8. The topological polar surface area (TPSA) is 87.2 Å². The molecule has 2 aromatic rings. The predicted octanol–water partition coefficient (Wildman–Crippen LogP) is 4.42. The second-order valence-corrected chi connectivity index (χ2v) is 12.4. The fourth-order valence-electron chi connectivity index (χ4n) is 7.06. The Bertz CT molecular complexity index is 1270. The number of esters is 1. The lowest BCUT2D eigenvalue weighted by Crippen LogP contribution is -2.57. The Labute approximate surface area is 234 Å². The first kappa shape index (κ1) is 27.7. The molecule has 2 bridgehead atoms. The minimum absolute atomic E-state index is 0.0339. The van der Waals surface area contributed by atoms with E-state index in [2.05, 4.69) is 13.5 Å². The van der Waals surface area contributed by atoms with Gasteiger partial charge < -0.3 is 19.6 Å². The molecule has 5 rings (SSSR count). The molecule has 1 N–H and O–H groups in total. The van der Waals surface area contributed by atoms with Crippen LogP contribution in [0.3, 0.4) is 0 Å². The van der Waals surface area contributed by atoms with Gasteiger partial charge in [0.05, 0.1) is 23.2 Å². The Morgan fingerprint density at radius 2 is 1.97 bits per heavy atom. The van der Waals surface area contributed by atoms with Crippen molar-refractivity contribution in [2.45, 2.75) is 55.6 Å². The molecule has 0 radical (unpaired) electrons. The summed E-state index contributed by atoms with van der Waals surface area (Å²) in [6, 6.07) is 13.3. The first-order chi connectivity index (χ1) is 18.9. The average Bonchev–Trinajstić information content (AvgIpc) is 3.53. The molecule has 39 heavy (non-hydrogen) atoms. The molecule has 208 valence electrons. The molecule has 2 aromatic carbocycles. The summed E-state index contributed by atoms with van der Waals surface area (Å²) >= 11 is 1.66. The first-order valence-electron chi connectivity index (χ1n) is 14.1. The minimum atomic E-state index is -0.694. The summed E-state index contributed by atoms with van der Waals surface area (Å²) in [5.41, 5.74) is 0.762. The van der Waals surface area contributed by atoms with Crippen LogP contribution in [0.25, 0.3) is 10.8 Å². The van der Waals surface area contributed by atoms with Crippen LogP contribution < -0.4 is 4.90 Å². The molecule has 6 atom stereocenters. The van der Waals surface area contributed by atoms with Crippen LogP contribution in [0, 0.1) is 17.8 Å². The zero-order chi connectivity index (χ0) is 27.7. The van der Waals surface area contributed by atoms with Gasteiger partial charge in [-0.15, -0.1) is 18.3 Å². The number of nitrogens with zero attached hydrogens (tertiary/aromatic N) is 2. The van der Waals surface area contributed by atoms with Crippen molar-refractivity contribution in [1.82, 2.24) is 4.90 Å². The van der Waals surface area contributed by atoms with Crippen molar-refractivity contribution in [1.29, 1.82) is 0 Å². The zero-order valence-corrected chi connectivity index (χ0v) is 23.6. The van der Waals surface area contributed by atoms with Crippen molar-refractivity contribution in [2.75, 3.05) is 31.2 Å². The second-order valence-electron chi connectivity index (χ2n) is 10.9. The van der Waals surface area contributed by atoms with Crippen molar-refractivity contribution in [3.8, 4) is 0 Å². The number of ether oxygens (including phenoxy) is 1. The number of hydrogen-bond acceptors (Lipinski definition) is 6. The largest absolute Gasteiger partial charge is 0.466 e. The van der Waals surface area contributed by atoms with Gasteiger partial charge in [0.2, 0.25) is 5.91 Å². The normalized spacial score (nSPS) is 29.1. The van der Waals surface area contributed by atoms with Gasteiger partial charge in [0, 0.05) is 30.6 Å². The van der Waals surface area contributed by atoms with E-state index in [9.17, 15) is 19.5 Å². The Hall–Kier alpha value is -2.84. The van der Waals surface area contributed by atoms with Crippen LogP contribution in [-0.4, -0.2) is 70.1 Å². The number of carbonyl (C=O) groups excluding carboxylic acids is 3. The summed E-state index contributed by atoms with van der Waals surface area (Å²) in [7, 11) is 0. The molecule has 3 saturated heterocycles. The maximum atomic E-state index is 14.7. The number of carbonyl (C=O) groups is 3. The van der Waals surface area contributed by atoms with Crippen molar-refractivity contribution in [3.05, 3.63) is 55.1 Å². The number of thioether (sulfide) groups is 1. The monoisotopic (exact) mass is 550 g/mol. The van der Waals surface area contributed by atoms with Crippen LogP contribution >= 0.6 is 11.8 Å². The maximum absolute atomic E-state index is 14.7. The number of benzene rings is 2. The minimum Gasteiger partial charge on any atom is -0.466 e. The van der Waals surface area contributed by atoms with Crippen molar-refractivity contribution in [2.24, 2.45) is 17.8 Å². The molecule has 3 aliphatic rings. The van der Waals surface area contributed by atoms with Crippen LogP contribution in [0.1, 0.15) is 39.5 Å². The van der Waals surface area contributed by atoms with Gasteiger partial charge >= 0.3 is 5.97 Å². The Kier molecular flexibility index (Phi) is 8.06. The molecule has 1 spiro atoms. The Morgan fingerprint density at radius 1 is 1.21 bits per heavy atom. The number of unbranched alkanes of at least 4 members (excludes halogenated alkanes) is 2. The number of fused-ring (bicyclic) bond motifs is 2. The third-order valence-electron chi connectivity index (χ3n) is 8.72. The highest BCUT2D eigenvalue weighted by Gasteiger charge is 2.76. The number of aliphatic hydroxyl groups excluding tert-OH is 1. The lowest BCUT2D eigenvalue weighted by Gasteiger charge is -2.40. The maximum Gasteiger partial charge on any atom is 0.310 e. The Morgan fingerprint density at radius 3 is 2.69 bits per heavy atom. The molecule has 3 heterocycles. The van der Waals surface area contributed by atoms with E-state index in [1.807, 2.05) is 42.5 Å². The molecule has 3 unspecified atom stereocenters. The van der Waals surface area contributed by atoms with Gasteiger partial charge in [0.1, 0.15) is 6.04 Å². The number of rotatable bonds is 11. The molecule has 3 aliphatic heterocycles. The van der Waals surface area contributed by atoms with Gasteiger partial charge in [0.15, 0.2) is 0 Å². The zero-order valence-electron chi connectivity index (χ0n) is 22.8. The highest BCUT2D eigenvalue weighted by Crippen LogP contribution is 2.68. The van der Waals surface area contributed by atoms with E-state index >= 15 is 0 Å². The average molecular weight is 551 g/mol. The number of amides is 2. The van der Waals surface area contributed by atoms with Crippen LogP contribution in [-0.2, 0) is 19.1 Å². The number of aliphatic hydroxyl groups is 1. The second kappa shape index (κ2) is 11.3. The van der Waals surface area contributed by atoms with Crippen molar-refractivity contribution in [3.63, 3.8) is 0 Å². The van der Waals surface area contributed by atoms with Crippen LogP contribution in [0.2, 0.25) is 0 Å². The molecular weight excluding hydrogens is 512 g/mol. The summed E-state index contributed by atoms with van der Waals surface area (Å²) < 4.78 is 4.76. The van der Waals surface area contributed by atoms with E-state index in [1.54, 1.807) is 34.6 Å². The van der Waals surface area contributed by atoms with Crippen LogP contribution in [0.5, 0.6) is 0 Å². The summed E-state index contributed by atoms with van der Waals surface area (Å²) in [5.74, 6) is -1.60. The fraction of sp³-hybridized carbons (Fsp3) is 0.516. The van der Waals surface area contributed by atoms with E-state index in [1.165, 1.54) is 0 Å². The van der Waals surface area contributed by atoms with Gasteiger partial charge in [0.25, 0.3) is 5.91 Å². The molecule has 0 aliphatic carbocycles. The van der Waals surface area contributed by atoms with E-state index < -0.39 is 22.6 Å². The molecule has 2 amide bonds. The number of hydrogen-bond donors (Lipinski definition) is 1. The quantitative estimate of drug-likeness (QED) is 0.253. The Balaban J connectivity index is 1.56. The molecule has 3 fully saturated rings.